The maximum Gasteiger partial charge on any atom is 0.272 e. The molecule has 5 nitrogen and oxygen atoms in total. The Labute approximate surface area is 114 Å². The molecule has 0 aliphatic heterocycles. The van der Waals surface area contributed by atoms with Gasteiger partial charge in [0.05, 0.1) is 5.69 Å². The van der Waals surface area contributed by atoms with Crippen LogP contribution >= 0.6 is 22.0 Å². The number of halogens is 1. The molecule has 1 atom stereocenters. The summed E-state index contributed by atoms with van der Waals surface area (Å²) in [6.45, 7) is 5.57. The van der Waals surface area contributed by atoms with Crippen molar-refractivity contribution >= 4 is 42.1 Å². The maximum absolute atomic E-state index is 11.8. The van der Waals surface area contributed by atoms with Gasteiger partial charge in [0.2, 0.25) is 5.91 Å². The van der Waals surface area contributed by atoms with E-state index in [2.05, 4.69) is 10.3 Å². The van der Waals surface area contributed by atoms with E-state index in [0.29, 0.717) is 5.69 Å². The zero-order chi connectivity index (χ0) is 13.7. The number of anilines is 1. The van der Waals surface area contributed by atoms with Gasteiger partial charge in [-0.1, -0.05) is 25.2 Å². The molecule has 8 heteroatoms. The smallest absolute Gasteiger partial charge is 0.272 e. The number of thiazole rings is 1. The van der Waals surface area contributed by atoms with Crippen LogP contribution in [0.5, 0.6) is 0 Å². The zero-order valence-electron chi connectivity index (χ0n) is 10.2. The van der Waals surface area contributed by atoms with E-state index in [9.17, 15) is 13.2 Å². The van der Waals surface area contributed by atoms with Crippen LogP contribution in [0, 0.1) is 18.3 Å². The molecular formula is C10H13ClN2O3S2. The molecule has 1 N–H and O–H groups in total. The summed E-state index contributed by atoms with van der Waals surface area (Å²) in [6, 6.07) is 0. The number of amides is 1. The van der Waals surface area contributed by atoms with Crippen molar-refractivity contribution in [3.8, 4) is 0 Å². The van der Waals surface area contributed by atoms with Crippen molar-refractivity contribution in [3.63, 3.8) is 0 Å². The molecule has 0 radical (unpaired) electrons. The van der Waals surface area contributed by atoms with Gasteiger partial charge in [-0.05, 0) is 18.8 Å². The fourth-order valence-corrected chi connectivity index (χ4v) is 4.12. The van der Waals surface area contributed by atoms with Gasteiger partial charge in [0.25, 0.3) is 9.05 Å². The topological polar surface area (TPSA) is 76.1 Å². The number of nitrogens with one attached hydrogen (secondary N) is 1. The van der Waals surface area contributed by atoms with E-state index >= 15 is 0 Å². The summed E-state index contributed by atoms with van der Waals surface area (Å²) < 4.78 is 22.4. The van der Waals surface area contributed by atoms with Gasteiger partial charge >= 0.3 is 0 Å². The van der Waals surface area contributed by atoms with Crippen molar-refractivity contribution in [2.24, 2.45) is 11.3 Å². The highest BCUT2D eigenvalue weighted by molar-refractivity contribution is 8.15. The third-order valence-corrected chi connectivity index (χ3v) is 6.29. The normalized spacial score (nSPS) is 21.7. The lowest BCUT2D eigenvalue weighted by Crippen LogP contribution is -2.16. The van der Waals surface area contributed by atoms with E-state index in [1.54, 1.807) is 6.92 Å². The highest BCUT2D eigenvalue weighted by atomic mass is 35.7. The summed E-state index contributed by atoms with van der Waals surface area (Å²) in [7, 11) is 1.46. The molecule has 2 rings (SSSR count). The third kappa shape index (κ3) is 2.67. The average Bonchev–Trinajstić information content (AvgIpc) is 2.64. The minimum atomic E-state index is -3.80. The van der Waals surface area contributed by atoms with E-state index in [1.165, 1.54) is 0 Å². The Bertz CT molecular complexity index is 607. The van der Waals surface area contributed by atoms with Gasteiger partial charge in [0.1, 0.15) is 0 Å². The molecule has 1 fully saturated rings. The molecule has 100 valence electrons. The van der Waals surface area contributed by atoms with Gasteiger partial charge < -0.3 is 5.32 Å². The Morgan fingerprint density at radius 3 is 2.50 bits per heavy atom. The first-order chi connectivity index (χ1) is 8.11. The van der Waals surface area contributed by atoms with E-state index in [1.807, 2.05) is 13.8 Å². The number of aromatic nitrogens is 1. The second-order valence-corrected chi connectivity index (χ2v) is 8.82. The average molecular weight is 309 g/mol. The Hall–Kier alpha value is -0.660. The lowest BCUT2D eigenvalue weighted by atomic mass is 10.1. The van der Waals surface area contributed by atoms with Crippen LogP contribution in [0.1, 0.15) is 26.0 Å². The van der Waals surface area contributed by atoms with Gasteiger partial charge in [0, 0.05) is 16.6 Å². The number of carbonyl (C=O) groups is 1. The molecule has 0 spiro atoms. The predicted molar refractivity (Wildman–Crippen MR) is 70.4 cm³/mol. The van der Waals surface area contributed by atoms with Gasteiger partial charge in [-0.2, -0.15) is 0 Å². The van der Waals surface area contributed by atoms with Crippen molar-refractivity contribution in [2.75, 3.05) is 5.32 Å². The highest BCUT2D eigenvalue weighted by Gasteiger charge is 2.50. The Morgan fingerprint density at radius 2 is 2.11 bits per heavy atom. The van der Waals surface area contributed by atoms with Crippen LogP contribution in [0.3, 0.4) is 0 Å². The van der Waals surface area contributed by atoms with Crippen molar-refractivity contribution in [2.45, 2.75) is 31.4 Å². The molecule has 1 amide bonds. The van der Waals surface area contributed by atoms with Gasteiger partial charge in [-0.25, -0.2) is 13.4 Å². The number of hydrogen-bond donors (Lipinski definition) is 1. The Kier molecular flexibility index (Phi) is 3.19. The molecule has 1 unspecified atom stereocenters. The van der Waals surface area contributed by atoms with Crippen LogP contribution in [0.2, 0.25) is 0 Å². The molecule has 1 aromatic heterocycles. The summed E-state index contributed by atoms with van der Waals surface area (Å²) in [5, 5.41) is 2.92. The Morgan fingerprint density at radius 1 is 1.56 bits per heavy atom. The molecular weight excluding hydrogens is 296 g/mol. The van der Waals surface area contributed by atoms with Crippen LogP contribution in [0.4, 0.5) is 5.13 Å². The summed E-state index contributed by atoms with van der Waals surface area (Å²) in [6.07, 6.45) is 0.837. The fraction of sp³-hybridized carbons (Fsp3) is 0.600. The fourth-order valence-electron chi connectivity index (χ4n) is 1.77. The standard InChI is InChI=1S/C10H13ClN2O3S2/c1-5-8(18(11,15)16)17-9(12-5)13-7(14)6-4-10(6,2)3/h6H,4H2,1-3H3,(H,12,13,14). The van der Waals surface area contributed by atoms with E-state index < -0.39 is 9.05 Å². The molecule has 0 aromatic carbocycles. The first kappa shape index (κ1) is 13.8. The van der Waals surface area contributed by atoms with Gasteiger partial charge in [0.15, 0.2) is 9.34 Å². The summed E-state index contributed by atoms with van der Waals surface area (Å²) in [4.78, 5) is 15.8. The molecule has 18 heavy (non-hydrogen) atoms. The van der Waals surface area contributed by atoms with Crippen LogP contribution in [0.15, 0.2) is 4.21 Å². The largest absolute Gasteiger partial charge is 0.302 e. The van der Waals surface area contributed by atoms with E-state index in [0.717, 1.165) is 17.8 Å². The van der Waals surface area contributed by atoms with Crippen molar-refractivity contribution in [1.29, 1.82) is 0 Å². The predicted octanol–water partition coefficient (Wildman–Crippen LogP) is 2.36. The first-order valence-corrected chi connectivity index (χ1v) is 8.47. The molecule has 1 aromatic rings. The quantitative estimate of drug-likeness (QED) is 0.870. The van der Waals surface area contributed by atoms with Crippen LogP contribution in [0.25, 0.3) is 0 Å². The summed E-state index contributed by atoms with van der Waals surface area (Å²) in [5.41, 5.74) is 0.331. The first-order valence-electron chi connectivity index (χ1n) is 5.34. The molecule has 1 aliphatic carbocycles. The molecule has 1 aliphatic rings. The van der Waals surface area contributed by atoms with Gasteiger partial charge in [-0.3, -0.25) is 4.79 Å². The number of carbonyl (C=O) groups excluding carboxylic acids is 1. The SMILES string of the molecule is Cc1nc(NC(=O)C2CC2(C)C)sc1S(=O)(=O)Cl. The number of hydrogen-bond acceptors (Lipinski definition) is 5. The van der Waals surface area contributed by atoms with E-state index in [4.69, 9.17) is 10.7 Å². The lowest BCUT2D eigenvalue weighted by molar-refractivity contribution is -0.118. The minimum Gasteiger partial charge on any atom is -0.302 e. The monoisotopic (exact) mass is 308 g/mol. The molecule has 0 saturated heterocycles. The molecule has 0 bridgehead atoms. The number of nitrogens with zero attached hydrogens (tertiary/aromatic N) is 1. The van der Waals surface area contributed by atoms with Gasteiger partial charge in [-0.15, -0.1) is 0 Å². The van der Waals surface area contributed by atoms with Crippen molar-refractivity contribution < 1.29 is 13.2 Å². The molecule has 1 heterocycles. The van der Waals surface area contributed by atoms with E-state index in [-0.39, 0.29) is 26.6 Å². The van der Waals surface area contributed by atoms with Crippen LogP contribution < -0.4 is 5.32 Å². The number of rotatable bonds is 3. The lowest BCUT2D eigenvalue weighted by Gasteiger charge is -2.02. The summed E-state index contributed by atoms with van der Waals surface area (Å²) >= 11 is 0.877. The second kappa shape index (κ2) is 4.18. The molecule has 1 saturated carbocycles. The van der Waals surface area contributed by atoms with Crippen molar-refractivity contribution in [1.82, 2.24) is 4.98 Å². The Balaban J connectivity index is 2.15. The summed E-state index contributed by atoms with van der Waals surface area (Å²) in [5.74, 6) is -0.148. The van der Waals surface area contributed by atoms with Crippen molar-refractivity contribution in [3.05, 3.63) is 5.69 Å². The van der Waals surface area contributed by atoms with Crippen LogP contribution in [-0.2, 0) is 13.8 Å². The minimum absolute atomic E-state index is 0.0190. The number of aryl methyl sites for hydroxylation is 1. The maximum atomic E-state index is 11.8. The van der Waals surface area contributed by atoms with Crippen LogP contribution in [-0.4, -0.2) is 19.3 Å². The highest BCUT2D eigenvalue weighted by Crippen LogP contribution is 2.52. The third-order valence-electron chi connectivity index (χ3n) is 3.04. The second-order valence-electron chi connectivity index (χ2n) is 5.06. The zero-order valence-corrected chi connectivity index (χ0v) is 12.5.